The lowest BCUT2D eigenvalue weighted by atomic mass is 9.68. The molecule has 0 aliphatic carbocycles. The number of nitrogens with one attached hydrogen (secondary N) is 1. The molecule has 0 radical (unpaired) electrons. The van der Waals surface area contributed by atoms with Gasteiger partial charge in [0.05, 0.1) is 67.0 Å². The van der Waals surface area contributed by atoms with Crippen molar-refractivity contribution in [2.24, 2.45) is 29.4 Å². The van der Waals surface area contributed by atoms with E-state index in [0.29, 0.717) is 54.7 Å². The largest absolute Gasteiger partial charge is 0.490 e. The van der Waals surface area contributed by atoms with Crippen LogP contribution in [0.2, 0.25) is 0 Å². The van der Waals surface area contributed by atoms with Gasteiger partial charge in [-0.1, -0.05) is 27.7 Å². The number of aliphatic hydroxyl groups excluding tert-OH is 2. The molecular formula is C52H92FN5O13. The molecule has 0 spiro atoms. The quantitative estimate of drug-likeness (QED) is 0.0789. The summed E-state index contributed by atoms with van der Waals surface area (Å²) in [6, 6.07) is 5.96. The van der Waals surface area contributed by atoms with Crippen LogP contribution in [0.5, 0.6) is 5.75 Å². The number of likely N-dealkylation sites (N-methyl/N-ethyl adjacent to an activating group) is 1. The van der Waals surface area contributed by atoms with Gasteiger partial charge >= 0.3 is 5.97 Å². The number of aliphatic hydroxyl groups is 4. The van der Waals surface area contributed by atoms with Crippen LogP contribution in [0.3, 0.4) is 0 Å². The van der Waals surface area contributed by atoms with Crippen molar-refractivity contribution < 1.29 is 68.1 Å². The highest BCUT2D eigenvalue weighted by atomic mass is 19.1. The summed E-state index contributed by atoms with van der Waals surface area (Å²) >= 11 is 0. The molecule has 0 amide bonds. The zero-order chi connectivity index (χ0) is 53.2. The molecule has 0 aromatic heterocycles. The highest BCUT2D eigenvalue weighted by molar-refractivity contribution is 5.73. The number of nitrogens with zero attached hydrogens (tertiary/aromatic N) is 3. The first-order valence-electron chi connectivity index (χ1n) is 25.7. The molecule has 3 fully saturated rings. The number of rotatable bonds is 18. The SMILES string of the molecule is CC[C@H]1OC(=O)[C@H](C)C([C@H]2C[C@@](C)(OC)[C@@H](O)[C@H](C)O2)[C@H](C)[C@@H](OC[C@H]2C[C@@H](N(C)CC/C(N)=C/NC[C@@H](F)COc3ccc(N(O)OC)cc3)C[C@@H](C)O2)[C@](C)(O)C[C@@H](C)CN(C)[C@H](C)[C@@H](O)[C@]1(C)O. The Morgan fingerprint density at radius 2 is 1.69 bits per heavy atom. The second-order valence-electron chi connectivity index (χ2n) is 21.8. The Hall–Kier alpha value is -2.92. The van der Waals surface area contributed by atoms with E-state index in [9.17, 15) is 34.8 Å². The van der Waals surface area contributed by atoms with Gasteiger partial charge < -0.3 is 69.7 Å². The average Bonchev–Trinajstić information content (AvgIpc) is 3.31. The van der Waals surface area contributed by atoms with Gasteiger partial charge in [0.2, 0.25) is 0 Å². The molecule has 3 saturated heterocycles. The molecule has 1 unspecified atom stereocenters. The summed E-state index contributed by atoms with van der Waals surface area (Å²) in [6.45, 7) is 19.4. The van der Waals surface area contributed by atoms with Crippen LogP contribution in [0.25, 0.3) is 0 Å². The van der Waals surface area contributed by atoms with Crippen molar-refractivity contribution in [3.63, 3.8) is 0 Å². The molecule has 4 rings (SSSR count). The molecule has 3 heterocycles. The number of esters is 1. The summed E-state index contributed by atoms with van der Waals surface area (Å²) in [7, 11) is 6.79. The maximum Gasteiger partial charge on any atom is 0.309 e. The minimum Gasteiger partial charge on any atom is -0.490 e. The van der Waals surface area contributed by atoms with Crippen LogP contribution >= 0.6 is 0 Å². The van der Waals surface area contributed by atoms with E-state index in [2.05, 4.69) is 10.2 Å². The number of halogens is 1. The number of nitrogens with two attached hydrogens (primary N) is 1. The van der Waals surface area contributed by atoms with E-state index in [4.69, 9.17) is 39.0 Å². The van der Waals surface area contributed by atoms with Crippen LogP contribution < -0.4 is 21.0 Å². The second kappa shape index (κ2) is 26.5. The van der Waals surface area contributed by atoms with E-state index >= 15 is 0 Å². The number of anilines is 1. The van der Waals surface area contributed by atoms with Crippen LogP contribution in [0, 0.1) is 23.7 Å². The summed E-state index contributed by atoms with van der Waals surface area (Å²) < 4.78 is 52.5. The number of carbonyl (C=O) groups excluding carboxylic acids is 1. The summed E-state index contributed by atoms with van der Waals surface area (Å²) in [4.78, 5) is 23.5. The maximum absolute atomic E-state index is 14.7. The molecule has 18 nitrogen and oxygen atoms in total. The monoisotopic (exact) mass is 1010 g/mol. The van der Waals surface area contributed by atoms with Gasteiger partial charge in [-0.2, -0.15) is 0 Å². The van der Waals surface area contributed by atoms with Gasteiger partial charge in [0.15, 0.2) is 6.17 Å². The third-order valence-corrected chi connectivity index (χ3v) is 15.7. The first kappa shape index (κ1) is 60.6. The number of carbonyl (C=O) groups is 1. The highest BCUT2D eigenvalue weighted by Crippen LogP contribution is 2.44. The van der Waals surface area contributed by atoms with E-state index < -0.39 is 89.4 Å². The van der Waals surface area contributed by atoms with Crippen molar-refractivity contribution in [2.75, 3.05) is 66.4 Å². The summed E-state index contributed by atoms with van der Waals surface area (Å²) in [5, 5.41) is 60.8. The van der Waals surface area contributed by atoms with Crippen molar-refractivity contribution in [2.45, 2.75) is 192 Å². The molecular weight excluding hydrogens is 922 g/mol. The van der Waals surface area contributed by atoms with Crippen LogP contribution in [-0.2, 0) is 33.3 Å². The van der Waals surface area contributed by atoms with Gasteiger partial charge in [-0.15, -0.1) is 5.23 Å². The predicted octanol–water partition coefficient (Wildman–Crippen LogP) is 4.57. The molecule has 0 saturated carbocycles. The zero-order valence-corrected chi connectivity index (χ0v) is 45.1. The second-order valence-corrected chi connectivity index (χ2v) is 21.8. The zero-order valence-electron chi connectivity index (χ0n) is 45.1. The normalized spacial score (nSPS) is 39.0. The Labute approximate surface area is 423 Å². The Morgan fingerprint density at radius 1 is 1.03 bits per heavy atom. The van der Waals surface area contributed by atoms with Gasteiger partial charge in [-0.05, 0) is 117 Å². The first-order valence-corrected chi connectivity index (χ1v) is 25.7. The topological polar surface area (TPSA) is 231 Å². The van der Waals surface area contributed by atoms with Gasteiger partial charge in [0.1, 0.15) is 36.3 Å². The number of methoxy groups -OCH3 is 1. The van der Waals surface area contributed by atoms with Crippen LogP contribution in [0.4, 0.5) is 10.1 Å². The van der Waals surface area contributed by atoms with Crippen molar-refractivity contribution in [1.82, 2.24) is 15.1 Å². The standard InChI is InChI=1S/C52H92FN5O13/c1-15-44-52(10,63)46(59)35(6)57(12)28-31(2)24-50(8,62)48(33(4)45(34(5)49(61)71-44)43-25-51(9,65-13)47(60)36(7)70-43)68-30-42-23-40(22-32(3)69-42)56(11)21-20-38(54)27-55-26-37(53)29-67-41-18-16-39(17-19-41)58(64)66-14/h16-19,27,31-37,40,42-48,55,59-60,62-64H,15,20-26,28-30,54H2,1-14H3/b38-27-/t31-,32-,33+,34-,35-,36+,37-,40+,42-,43-,44-,45?,46-,47+,48-,50-,51-,52-/m1/s1. The van der Waals surface area contributed by atoms with Gasteiger partial charge in [-0.3, -0.25) is 14.8 Å². The Balaban J connectivity index is 1.52. The van der Waals surface area contributed by atoms with E-state index in [1.807, 2.05) is 53.6 Å². The fraction of sp³-hybridized carbons (Fsp3) is 0.827. The van der Waals surface area contributed by atoms with Crippen LogP contribution in [0.1, 0.15) is 108 Å². The van der Waals surface area contributed by atoms with Crippen LogP contribution in [-0.4, -0.2) is 186 Å². The average molecular weight is 1010 g/mol. The van der Waals surface area contributed by atoms with Crippen LogP contribution in [0.15, 0.2) is 36.2 Å². The van der Waals surface area contributed by atoms with E-state index in [-0.39, 0.29) is 56.8 Å². The number of hydrogen-bond donors (Lipinski definition) is 7. The van der Waals surface area contributed by atoms with Gasteiger partial charge in [0.25, 0.3) is 0 Å². The summed E-state index contributed by atoms with van der Waals surface area (Å²) in [5.74, 6) is -2.29. The lowest BCUT2D eigenvalue weighted by Crippen LogP contribution is -2.60. The number of benzene rings is 1. The van der Waals surface area contributed by atoms with E-state index in [0.717, 1.165) is 6.42 Å². The number of ether oxygens (including phenoxy) is 6. The van der Waals surface area contributed by atoms with Gasteiger partial charge in [-0.25, -0.2) is 4.39 Å². The van der Waals surface area contributed by atoms with Crippen molar-refractivity contribution >= 4 is 11.7 Å². The molecule has 3 aliphatic heterocycles. The molecule has 71 heavy (non-hydrogen) atoms. The minimum atomic E-state index is -1.79. The molecule has 1 aromatic carbocycles. The summed E-state index contributed by atoms with van der Waals surface area (Å²) in [5.41, 5.74) is 3.09. The first-order chi connectivity index (χ1) is 33.2. The van der Waals surface area contributed by atoms with E-state index in [1.165, 1.54) is 14.0 Å². The molecule has 0 bridgehead atoms. The number of cyclic esters (lactones) is 1. The summed E-state index contributed by atoms with van der Waals surface area (Å²) in [6.07, 6.45) is -2.80. The van der Waals surface area contributed by atoms with Crippen molar-refractivity contribution in [1.29, 1.82) is 0 Å². The van der Waals surface area contributed by atoms with Crippen molar-refractivity contribution in [3.05, 3.63) is 36.2 Å². The van der Waals surface area contributed by atoms with Crippen molar-refractivity contribution in [3.8, 4) is 5.75 Å². The molecule has 3 aliphatic rings. The number of alkyl halides is 1. The Kier molecular flexibility index (Phi) is 22.7. The third-order valence-electron chi connectivity index (χ3n) is 15.7. The molecule has 8 N–H and O–H groups in total. The fourth-order valence-electron chi connectivity index (χ4n) is 11.3. The van der Waals surface area contributed by atoms with E-state index in [1.54, 1.807) is 65.3 Å². The number of hydrogen-bond acceptors (Lipinski definition) is 18. The maximum atomic E-state index is 14.7. The predicted molar refractivity (Wildman–Crippen MR) is 268 cm³/mol. The molecule has 18 atom stereocenters. The van der Waals surface area contributed by atoms with Gasteiger partial charge in [0, 0.05) is 69.5 Å². The smallest absolute Gasteiger partial charge is 0.309 e. The molecule has 19 heteroatoms. The lowest BCUT2D eigenvalue weighted by Gasteiger charge is -2.50. The highest BCUT2D eigenvalue weighted by Gasteiger charge is 2.54. The molecule has 410 valence electrons. The molecule has 1 aromatic rings. The minimum absolute atomic E-state index is 0.00239. The third kappa shape index (κ3) is 16.0. The lowest BCUT2D eigenvalue weighted by molar-refractivity contribution is -0.242. The fourth-order valence-corrected chi connectivity index (χ4v) is 11.3. The Bertz CT molecular complexity index is 1800. The Morgan fingerprint density at radius 3 is 2.31 bits per heavy atom.